The minimum Gasteiger partial charge on any atom is -0.310 e. The maximum absolute atomic E-state index is 9.89. The molecular formula is C49H27N7. The number of nitriles is 3. The molecule has 56 heavy (non-hydrogen) atoms. The molecule has 0 spiro atoms. The lowest BCUT2D eigenvalue weighted by molar-refractivity contribution is 1.16. The summed E-state index contributed by atoms with van der Waals surface area (Å²) in [4.78, 5) is 7.85. The smallest absolute Gasteiger partial charge is 0.197 e. The van der Waals surface area contributed by atoms with Crippen LogP contribution in [-0.2, 0) is 0 Å². The first-order valence-electron chi connectivity index (χ1n) is 17.8. The van der Waals surface area contributed by atoms with E-state index in [9.17, 15) is 15.8 Å². The van der Waals surface area contributed by atoms with E-state index in [2.05, 4.69) is 87.3 Å². The molecule has 0 aliphatic rings. The third-order valence-corrected chi connectivity index (χ3v) is 10.7. The average molecular weight is 714 g/mol. The largest absolute Gasteiger partial charge is 0.310 e. The number of rotatable bonds is 4. The molecule has 9 aromatic rings. The van der Waals surface area contributed by atoms with Gasteiger partial charge in [0.1, 0.15) is 0 Å². The number of hydrogen-bond donors (Lipinski definition) is 0. The molecule has 2 aromatic heterocycles. The van der Waals surface area contributed by atoms with Crippen molar-refractivity contribution < 1.29 is 0 Å². The second kappa shape index (κ2) is 12.9. The molecule has 2 heterocycles. The number of nitrogens with zero attached hydrogens (tertiary/aromatic N) is 7. The van der Waals surface area contributed by atoms with Gasteiger partial charge in [-0.25, -0.2) is 9.69 Å². The first-order chi connectivity index (χ1) is 27.4. The van der Waals surface area contributed by atoms with Crippen LogP contribution in [0.3, 0.4) is 0 Å². The molecular weight excluding hydrogens is 687 g/mol. The number of hydrogen-bond acceptors (Lipinski definition) is 3. The van der Waals surface area contributed by atoms with Gasteiger partial charge in [-0.05, 0) is 132 Å². The monoisotopic (exact) mass is 713 g/mol. The molecule has 0 aliphatic heterocycles. The Labute approximate surface area is 322 Å². The molecule has 0 bridgehead atoms. The second-order valence-corrected chi connectivity index (χ2v) is 13.8. The van der Waals surface area contributed by atoms with Crippen LogP contribution in [0.5, 0.6) is 0 Å². The maximum atomic E-state index is 9.89. The Morgan fingerprint density at radius 1 is 0.482 bits per heavy atom. The summed E-state index contributed by atoms with van der Waals surface area (Å²) in [6, 6.07) is 47.6. The van der Waals surface area contributed by atoms with Gasteiger partial charge < -0.3 is 9.13 Å². The highest BCUT2D eigenvalue weighted by Crippen LogP contribution is 2.46. The Balaban J connectivity index is 1.46. The van der Waals surface area contributed by atoms with Gasteiger partial charge in [-0.2, -0.15) is 15.8 Å². The van der Waals surface area contributed by atoms with Gasteiger partial charge in [-0.3, -0.25) is 0 Å². The van der Waals surface area contributed by atoms with E-state index in [1.165, 1.54) is 0 Å². The van der Waals surface area contributed by atoms with Crippen LogP contribution in [0.15, 0.2) is 127 Å². The van der Waals surface area contributed by atoms with Crippen LogP contribution in [-0.4, -0.2) is 9.13 Å². The highest BCUT2D eigenvalue weighted by molar-refractivity contribution is 6.13. The van der Waals surface area contributed by atoms with Crippen molar-refractivity contribution in [2.24, 2.45) is 0 Å². The van der Waals surface area contributed by atoms with Gasteiger partial charge in [0.2, 0.25) is 0 Å². The highest BCUT2D eigenvalue weighted by atomic mass is 15.0. The van der Waals surface area contributed by atoms with Crippen LogP contribution in [0.2, 0.25) is 0 Å². The normalized spacial score (nSPS) is 10.9. The first kappa shape index (κ1) is 33.4. The lowest BCUT2D eigenvalue weighted by Gasteiger charge is -2.21. The van der Waals surface area contributed by atoms with Crippen molar-refractivity contribution in [3.8, 4) is 51.8 Å². The topological polar surface area (TPSA) is 89.9 Å². The fourth-order valence-corrected chi connectivity index (χ4v) is 8.27. The Kier molecular flexibility index (Phi) is 7.71. The third kappa shape index (κ3) is 5.00. The SMILES string of the molecule is [C-]#[N+]c1ccc2c(c1)c1cc(C#N)ccc1n2-c1ccc(-c2c(C)cccc2C)cc1-c1c([N+]#[C-])cccc1-n1c2ccc(C#N)cc2c2cc(C#N)ccc21. The second-order valence-electron chi connectivity index (χ2n) is 13.8. The fraction of sp³-hybridized carbons (Fsp3) is 0.0408. The van der Waals surface area contributed by atoms with Crippen molar-refractivity contribution in [1.29, 1.82) is 15.8 Å². The molecule has 7 heteroatoms. The molecule has 0 fully saturated rings. The van der Waals surface area contributed by atoms with Gasteiger partial charge in [-0.1, -0.05) is 42.5 Å². The van der Waals surface area contributed by atoms with Crippen LogP contribution in [0.4, 0.5) is 11.4 Å². The quantitative estimate of drug-likeness (QED) is 0.170. The van der Waals surface area contributed by atoms with E-state index in [0.29, 0.717) is 33.6 Å². The van der Waals surface area contributed by atoms with Crippen LogP contribution in [0.1, 0.15) is 27.8 Å². The summed E-state index contributed by atoms with van der Waals surface area (Å²) in [5.41, 5.74) is 13.3. The molecule has 0 amide bonds. The van der Waals surface area contributed by atoms with Crippen molar-refractivity contribution in [3.05, 3.63) is 178 Å². The Morgan fingerprint density at radius 3 is 1.50 bits per heavy atom. The maximum Gasteiger partial charge on any atom is 0.197 e. The summed E-state index contributed by atoms with van der Waals surface area (Å²) in [5.74, 6) is 0. The van der Waals surface area contributed by atoms with Gasteiger partial charge in [-0.15, -0.1) is 0 Å². The van der Waals surface area contributed by atoms with Gasteiger partial charge in [0.05, 0.1) is 75.8 Å². The minimum absolute atomic E-state index is 0.447. The molecule has 0 N–H and O–H groups in total. The molecule has 7 aromatic carbocycles. The predicted molar refractivity (Wildman–Crippen MR) is 222 cm³/mol. The van der Waals surface area contributed by atoms with E-state index in [-0.39, 0.29) is 0 Å². The zero-order chi connectivity index (χ0) is 38.7. The Morgan fingerprint density at radius 2 is 0.982 bits per heavy atom. The van der Waals surface area contributed by atoms with E-state index < -0.39 is 0 Å². The molecule has 0 saturated carbocycles. The summed E-state index contributed by atoms with van der Waals surface area (Å²) >= 11 is 0. The lowest BCUT2D eigenvalue weighted by Crippen LogP contribution is -2.02. The summed E-state index contributed by atoms with van der Waals surface area (Å²) in [6.45, 7) is 20.5. The van der Waals surface area contributed by atoms with Crippen LogP contribution >= 0.6 is 0 Å². The summed E-state index contributed by atoms with van der Waals surface area (Å²) in [5, 5.41) is 33.0. The highest BCUT2D eigenvalue weighted by Gasteiger charge is 2.24. The zero-order valence-electron chi connectivity index (χ0n) is 30.3. The van der Waals surface area contributed by atoms with Gasteiger partial charge in [0.25, 0.3) is 0 Å². The molecule has 0 atom stereocenters. The minimum atomic E-state index is 0.447. The van der Waals surface area contributed by atoms with E-state index in [4.69, 9.17) is 13.1 Å². The van der Waals surface area contributed by atoms with Gasteiger partial charge >= 0.3 is 0 Å². The number of fused-ring (bicyclic) bond motifs is 6. The standard InChI is InChI=1S/C49H27N7/c1-29-7-5-8-30(2)48(29)34-14-19-46(55-42-16-11-33(28-52)23-38(42)39-25-35(53-3)15-20-45(39)55)40(24-34)49-41(54-4)9-6-10-47(49)56-43-17-12-31(26-50)21-36(43)37-22-32(27-51)13-18-44(37)56/h5-25H,1-2H3. The van der Waals surface area contributed by atoms with Crippen LogP contribution in [0.25, 0.3) is 86.9 Å². The van der Waals surface area contributed by atoms with Gasteiger partial charge in [0.15, 0.2) is 11.4 Å². The summed E-state index contributed by atoms with van der Waals surface area (Å²) in [7, 11) is 0. The van der Waals surface area contributed by atoms with Crippen molar-refractivity contribution in [2.45, 2.75) is 13.8 Å². The first-order valence-corrected chi connectivity index (χ1v) is 17.8. The molecule has 258 valence electrons. The summed E-state index contributed by atoms with van der Waals surface area (Å²) < 4.78 is 4.29. The average Bonchev–Trinajstić information content (AvgIpc) is 3.73. The number of benzene rings is 7. The van der Waals surface area contributed by atoms with Crippen molar-refractivity contribution in [1.82, 2.24) is 9.13 Å². The summed E-state index contributed by atoms with van der Waals surface area (Å²) in [6.07, 6.45) is 0. The molecule has 0 saturated heterocycles. The lowest BCUT2D eigenvalue weighted by atomic mass is 9.91. The van der Waals surface area contributed by atoms with Crippen molar-refractivity contribution >= 4 is 55.0 Å². The number of aromatic nitrogens is 2. The molecule has 0 aliphatic carbocycles. The predicted octanol–water partition coefficient (Wildman–Crippen LogP) is 12.5. The Hall–Kier alpha value is -8.41. The van der Waals surface area contributed by atoms with Crippen LogP contribution in [0, 0.1) is 61.0 Å². The van der Waals surface area contributed by atoms with E-state index >= 15 is 0 Å². The number of aryl methyl sites for hydroxylation is 2. The van der Waals surface area contributed by atoms with E-state index in [1.807, 2.05) is 72.8 Å². The van der Waals surface area contributed by atoms with Crippen molar-refractivity contribution in [2.75, 3.05) is 0 Å². The third-order valence-electron chi connectivity index (χ3n) is 10.7. The van der Waals surface area contributed by atoms with Crippen LogP contribution < -0.4 is 0 Å². The van der Waals surface area contributed by atoms with Gasteiger partial charge in [0, 0.05) is 27.4 Å². The zero-order valence-corrected chi connectivity index (χ0v) is 30.3. The van der Waals surface area contributed by atoms with Crippen molar-refractivity contribution in [3.63, 3.8) is 0 Å². The molecule has 0 radical (unpaired) electrons. The molecule has 7 nitrogen and oxygen atoms in total. The molecule has 0 unspecified atom stereocenters. The molecule has 9 rings (SSSR count). The van der Waals surface area contributed by atoms with E-state index in [0.717, 1.165) is 82.8 Å². The van der Waals surface area contributed by atoms with E-state index in [1.54, 1.807) is 18.2 Å². The fourth-order valence-electron chi connectivity index (χ4n) is 8.27. The Bertz CT molecular complexity index is 3230.